The Balaban J connectivity index is 2.38. The van der Waals surface area contributed by atoms with Crippen LogP contribution in [0.25, 0.3) is 0 Å². The monoisotopic (exact) mass is 264 g/mol. The van der Waals surface area contributed by atoms with Gasteiger partial charge in [-0.2, -0.15) is 0 Å². The predicted octanol–water partition coefficient (Wildman–Crippen LogP) is 3.20. The molecule has 0 aliphatic heterocycles. The second-order valence-electron chi connectivity index (χ2n) is 4.41. The molecule has 2 aromatic rings. The molecular formula is C13H14F2N4. The number of hydrogen-bond donors (Lipinski definition) is 2. The summed E-state index contributed by atoms with van der Waals surface area (Å²) in [6.45, 7) is 3.81. The molecule has 1 aromatic heterocycles. The minimum absolute atomic E-state index is 0.0644. The first-order valence-corrected chi connectivity index (χ1v) is 5.83. The van der Waals surface area contributed by atoms with Crippen molar-refractivity contribution in [3.63, 3.8) is 0 Å². The number of nitrogen functional groups attached to an aromatic ring is 1. The summed E-state index contributed by atoms with van der Waals surface area (Å²) in [6.07, 6.45) is 0. The summed E-state index contributed by atoms with van der Waals surface area (Å²) in [5.74, 6) is -0.293. The largest absolute Gasteiger partial charge is 0.384 e. The number of rotatable bonds is 3. The Bertz CT molecular complexity index is 579. The smallest absolute Gasteiger partial charge is 0.149 e. The van der Waals surface area contributed by atoms with Crippen LogP contribution < -0.4 is 11.1 Å². The maximum Gasteiger partial charge on any atom is 0.149 e. The number of hydrogen-bond acceptors (Lipinski definition) is 4. The van der Waals surface area contributed by atoms with Crippen LogP contribution in [0.3, 0.4) is 0 Å². The van der Waals surface area contributed by atoms with Gasteiger partial charge in [-0.25, -0.2) is 18.7 Å². The number of nitrogens with two attached hydrogens (primary N) is 1. The molecule has 1 heterocycles. The third-order valence-corrected chi connectivity index (χ3v) is 2.50. The average molecular weight is 264 g/mol. The first kappa shape index (κ1) is 13.2. The summed E-state index contributed by atoms with van der Waals surface area (Å²) in [5.41, 5.74) is 5.39. The molecule has 0 spiro atoms. The Morgan fingerprint density at radius 2 is 1.79 bits per heavy atom. The summed E-state index contributed by atoms with van der Waals surface area (Å²) < 4.78 is 27.0. The zero-order chi connectivity index (χ0) is 14.0. The Hall–Kier alpha value is -2.24. The third kappa shape index (κ3) is 2.96. The second-order valence-corrected chi connectivity index (χ2v) is 4.41. The first-order valence-electron chi connectivity index (χ1n) is 5.83. The molecular weight excluding hydrogens is 250 g/mol. The first-order chi connectivity index (χ1) is 8.97. The van der Waals surface area contributed by atoms with E-state index in [9.17, 15) is 8.78 Å². The van der Waals surface area contributed by atoms with E-state index in [0.29, 0.717) is 5.82 Å². The molecule has 0 amide bonds. The maximum absolute atomic E-state index is 13.5. The molecule has 0 bridgehead atoms. The number of nitrogens with zero attached hydrogens (tertiary/aromatic N) is 2. The summed E-state index contributed by atoms with van der Waals surface area (Å²) in [7, 11) is 0. The lowest BCUT2D eigenvalue weighted by molar-refractivity contribution is 0.590. The van der Waals surface area contributed by atoms with Gasteiger partial charge in [0.1, 0.15) is 34.8 Å². The van der Waals surface area contributed by atoms with Gasteiger partial charge < -0.3 is 11.1 Å². The topological polar surface area (TPSA) is 63.8 Å². The van der Waals surface area contributed by atoms with Crippen LogP contribution in [-0.2, 0) is 0 Å². The van der Waals surface area contributed by atoms with Crippen LogP contribution in [0.4, 0.5) is 26.1 Å². The van der Waals surface area contributed by atoms with E-state index in [-0.39, 0.29) is 23.2 Å². The van der Waals surface area contributed by atoms with Crippen molar-refractivity contribution < 1.29 is 8.78 Å². The quantitative estimate of drug-likeness (QED) is 0.893. The van der Waals surface area contributed by atoms with Gasteiger partial charge in [0, 0.05) is 12.0 Å². The van der Waals surface area contributed by atoms with Crippen molar-refractivity contribution in [1.82, 2.24) is 9.97 Å². The van der Waals surface area contributed by atoms with E-state index in [1.807, 2.05) is 13.8 Å². The molecule has 0 unspecified atom stereocenters. The van der Waals surface area contributed by atoms with Gasteiger partial charge in [-0.1, -0.05) is 19.9 Å². The van der Waals surface area contributed by atoms with E-state index >= 15 is 0 Å². The van der Waals surface area contributed by atoms with Crippen molar-refractivity contribution in [3.8, 4) is 0 Å². The molecule has 0 aliphatic carbocycles. The summed E-state index contributed by atoms with van der Waals surface area (Å²) in [5, 5.41) is 2.60. The fraction of sp³-hybridized carbons (Fsp3) is 0.231. The van der Waals surface area contributed by atoms with Gasteiger partial charge in [-0.05, 0) is 12.1 Å². The van der Waals surface area contributed by atoms with Gasteiger partial charge in [0.15, 0.2) is 0 Å². The minimum atomic E-state index is -0.691. The lowest BCUT2D eigenvalue weighted by atomic mass is 10.2. The molecule has 19 heavy (non-hydrogen) atoms. The van der Waals surface area contributed by atoms with E-state index in [1.165, 1.54) is 24.3 Å². The zero-order valence-electron chi connectivity index (χ0n) is 10.6. The highest BCUT2D eigenvalue weighted by Gasteiger charge is 2.11. The lowest BCUT2D eigenvalue weighted by Crippen LogP contribution is -2.06. The molecule has 1 aromatic carbocycles. The number of anilines is 3. The van der Waals surface area contributed by atoms with Crippen LogP contribution in [0.1, 0.15) is 25.6 Å². The summed E-state index contributed by atoms with van der Waals surface area (Å²) >= 11 is 0. The average Bonchev–Trinajstić information content (AvgIpc) is 2.33. The van der Waals surface area contributed by atoms with Crippen LogP contribution >= 0.6 is 0 Å². The Morgan fingerprint density at radius 1 is 1.16 bits per heavy atom. The molecule has 0 radical (unpaired) electrons. The number of benzene rings is 1. The highest BCUT2D eigenvalue weighted by atomic mass is 19.1. The number of nitrogens with one attached hydrogen (secondary N) is 1. The van der Waals surface area contributed by atoms with Crippen LogP contribution in [0.5, 0.6) is 0 Å². The SMILES string of the molecule is CC(C)c1nc(N)cc(Nc2c(F)cccc2F)n1. The minimum Gasteiger partial charge on any atom is -0.384 e. The van der Waals surface area contributed by atoms with Gasteiger partial charge in [-0.15, -0.1) is 0 Å². The molecule has 2 rings (SSSR count). The Kier molecular flexibility index (Phi) is 3.59. The molecule has 4 nitrogen and oxygen atoms in total. The second kappa shape index (κ2) is 5.17. The number of para-hydroxylation sites is 1. The maximum atomic E-state index is 13.5. The molecule has 6 heteroatoms. The molecule has 100 valence electrons. The standard InChI is InChI=1S/C13H14F2N4/c1-7(2)13-17-10(16)6-11(19-13)18-12-8(14)4-3-5-9(12)15/h3-7H,1-2H3,(H3,16,17,18,19). The lowest BCUT2D eigenvalue weighted by Gasteiger charge is -2.11. The molecule has 0 saturated carbocycles. The highest BCUT2D eigenvalue weighted by molar-refractivity contribution is 5.59. The van der Waals surface area contributed by atoms with Crippen molar-refractivity contribution in [2.45, 2.75) is 19.8 Å². The Labute approximate surface area is 109 Å². The molecule has 0 atom stereocenters. The zero-order valence-corrected chi connectivity index (χ0v) is 10.6. The van der Waals surface area contributed by atoms with Crippen LogP contribution in [-0.4, -0.2) is 9.97 Å². The van der Waals surface area contributed by atoms with E-state index in [0.717, 1.165) is 0 Å². The molecule has 3 N–H and O–H groups in total. The fourth-order valence-electron chi connectivity index (χ4n) is 1.55. The van der Waals surface area contributed by atoms with Crippen molar-refractivity contribution in [2.24, 2.45) is 0 Å². The predicted molar refractivity (Wildman–Crippen MR) is 70.2 cm³/mol. The van der Waals surface area contributed by atoms with E-state index in [2.05, 4.69) is 15.3 Å². The molecule has 0 fully saturated rings. The van der Waals surface area contributed by atoms with Gasteiger partial charge in [0.2, 0.25) is 0 Å². The van der Waals surface area contributed by atoms with Crippen LogP contribution in [0, 0.1) is 11.6 Å². The van der Waals surface area contributed by atoms with Crippen molar-refractivity contribution in [1.29, 1.82) is 0 Å². The molecule has 0 saturated heterocycles. The normalized spacial score (nSPS) is 10.8. The Morgan fingerprint density at radius 3 is 2.37 bits per heavy atom. The third-order valence-electron chi connectivity index (χ3n) is 2.50. The van der Waals surface area contributed by atoms with Crippen molar-refractivity contribution in [3.05, 3.63) is 41.7 Å². The fourth-order valence-corrected chi connectivity index (χ4v) is 1.55. The van der Waals surface area contributed by atoms with E-state index < -0.39 is 11.6 Å². The van der Waals surface area contributed by atoms with Crippen LogP contribution in [0.2, 0.25) is 0 Å². The van der Waals surface area contributed by atoms with E-state index in [4.69, 9.17) is 5.73 Å². The molecule has 0 aliphatic rings. The van der Waals surface area contributed by atoms with Gasteiger partial charge in [0.05, 0.1) is 0 Å². The van der Waals surface area contributed by atoms with Crippen molar-refractivity contribution in [2.75, 3.05) is 11.1 Å². The van der Waals surface area contributed by atoms with Gasteiger partial charge in [0.25, 0.3) is 0 Å². The van der Waals surface area contributed by atoms with Gasteiger partial charge in [-0.3, -0.25) is 0 Å². The summed E-state index contributed by atoms with van der Waals surface area (Å²) in [4.78, 5) is 8.23. The van der Waals surface area contributed by atoms with Gasteiger partial charge >= 0.3 is 0 Å². The summed E-state index contributed by atoms with van der Waals surface area (Å²) in [6, 6.07) is 5.06. The highest BCUT2D eigenvalue weighted by Crippen LogP contribution is 2.23. The van der Waals surface area contributed by atoms with Crippen LogP contribution in [0.15, 0.2) is 24.3 Å². The van der Waals surface area contributed by atoms with E-state index in [1.54, 1.807) is 0 Å². The van der Waals surface area contributed by atoms with Crippen molar-refractivity contribution >= 4 is 17.3 Å². The number of halogens is 2. The number of aromatic nitrogens is 2.